The van der Waals surface area contributed by atoms with Crippen LogP contribution in [0.3, 0.4) is 0 Å². The summed E-state index contributed by atoms with van der Waals surface area (Å²) in [7, 11) is 0. The highest BCUT2D eigenvalue weighted by atomic mass is 16.2. The Morgan fingerprint density at radius 2 is 2.45 bits per heavy atom. The van der Waals surface area contributed by atoms with E-state index in [9.17, 15) is 4.79 Å². The molecule has 2 N–H and O–H groups in total. The minimum Gasteiger partial charge on any atom is -0.338 e. The van der Waals surface area contributed by atoms with Gasteiger partial charge < -0.3 is 10.6 Å². The van der Waals surface area contributed by atoms with Crippen molar-refractivity contribution in [2.75, 3.05) is 13.1 Å². The van der Waals surface area contributed by atoms with Gasteiger partial charge in [-0.15, -0.1) is 0 Å². The van der Waals surface area contributed by atoms with E-state index in [-0.39, 0.29) is 11.9 Å². The van der Waals surface area contributed by atoms with E-state index in [0.717, 1.165) is 13.0 Å². The SMILES string of the molecule is CC=CC(=O)N1CCC(N)C1. The van der Waals surface area contributed by atoms with Gasteiger partial charge in [-0.25, -0.2) is 0 Å². The second-order valence-corrected chi connectivity index (χ2v) is 2.83. The number of hydrogen-bond acceptors (Lipinski definition) is 2. The molecule has 3 nitrogen and oxygen atoms in total. The third-order valence-corrected chi connectivity index (χ3v) is 1.85. The second-order valence-electron chi connectivity index (χ2n) is 2.83. The summed E-state index contributed by atoms with van der Waals surface area (Å²) in [4.78, 5) is 13.0. The summed E-state index contributed by atoms with van der Waals surface area (Å²) in [6.45, 7) is 3.36. The van der Waals surface area contributed by atoms with Gasteiger partial charge in [0.05, 0.1) is 0 Å². The summed E-state index contributed by atoms with van der Waals surface area (Å²) in [6, 6.07) is 0.184. The number of allylic oxidation sites excluding steroid dienone is 1. The molecule has 1 aliphatic rings. The van der Waals surface area contributed by atoms with Crippen LogP contribution in [0.5, 0.6) is 0 Å². The Hall–Kier alpha value is -0.830. The minimum absolute atomic E-state index is 0.0838. The largest absolute Gasteiger partial charge is 0.338 e. The van der Waals surface area contributed by atoms with E-state index in [1.54, 1.807) is 17.1 Å². The lowest BCUT2D eigenvalue weighted by molar-refractivity contribution is -0.125. The topological polar surface area (TPSA) is 46.3 Å². The van der Waals surface area contributed by atoms with Gasteiger partial charge in [-0.3, -0.25) is 4.79 Å². The molecule has 1 atom stereocenters. The van der Waals surface area contributed by atoms with Gasteiger partial charge in [0.1, 0.15) is 0 Å². The molecule has 0 aromatic carbocycles. The zero-order valence-electron chi connectivity index (χ0n) is 6.79. The number of nitrogens with two attached hydrogens (primary N) is 1. The van der Waals surface area contributed by atoms with Crippen LogP contribution in [0.4, 0.5) is 0 Å². The Morgan fingerprint density at radius 3 is 2.91 bits per heavy atom. The number of likely N-dealkylation sites (tertiary alicyclic amines) is 1. The van der Waals surface area contributed by atoms with Gasteiger partial charge in [-0.1, -0.05) is 6.08 Å². The molecule has 1 unspecified atom stereocenters. The average molecular weight is 154 g/mol. The Balaban J connectivity index is 2.43. The molecule has 62 valence electrons. The molecule has 0 aromatic rings. The van der Waals surface area contributed by atoms with Gasteiger partial charge in [0.15, 0.2) is 0 Å². The van der Waals surface area contributed by atoms with Crippen LogP contribution in [0.2, 0.25) is 0 Å². The zero-order valence-corrected chi connectivity index (χ0v) is 6.79. The van der Waals surface area contributed by atoms with Crippen molar-refractivity contribution < 1.29 is 4.79 Å². The molecule has 0 spiro atoms. The molecule has 11 heavy (non-hydrogen) atoms. The number of amides is 1. The lowest BCUT2D eigenvalue weighted by Crippen LogP contribution is -2.30. The molecule has 3 heteroatoms. The summed E-state index contributed by atoms with van der Waals surface area (Å²) in [5, 5.41) is 0. The molecule has 1 rings (SSSR count). The quantitative estimate of drug-likeness (QED) is 0.545. The highest BCUT2D eigenvalue weighted by Gasteiger charge is 2.21. The van der Waals surface area contributed by atoms with E-state index in [1.165, 1.54) is 0 Å². The molecule has 0 bridgehead atoms. The lowest BCUT2D eigenvalue weighted by atomic mass is 10.3. The first-order chi connectivity index (χ1) is 5.24. The van der Waals surface area contributed by atoms with Gasteiger partial charge >= 0.3 is 0 Å². The summed E-state index contributed by atoms with van der Waals surface area (Å²) in [5.41, 5.74) is 5.64. The Kier molecular flexibility index (Phi) is 2.65. The maximum absolute atomic E-state index is 11.2. The van der Waals surface area contributed by atoms with Crippen molar-refractivity contribution >= 4 is 5.91 Å². The first kappa shape index (κ1) is 8.27. The first-order valence-electron chi connectivity index (χ1n) is 3.91. The van der Waals surface area contributed by atoms with E-state index < -0.39 is 0 Å². The monoisotopic (exact) mass is 154 g/mol. The fourth-order valence-electron chi connectivity index (χ4n) is 1.24. The van der Waals surface area contributed by atoms with E-state index in [1.807, 2.05) is 6.92 Å². The predicted molar refractivity (Wildman–Crippen MR) is 44.0 cm³/mol. The van der Waals surface area contributed by atoms with Crippen LogP contribution in [0, 0.1) is 0 Å². The van der Waals surface area contributed by atoms with Crippen molar-refractivity contribution in [2.45, 2.75) is 19.4 Å². The lowest BCUT2D eigenvalue weighted by Gasteiger charge is -2.12. The fourth-order valence-corrected chi connectivity index (χ4v) is 1.24. The maximum Gasteiger partial charge on any atom is 0.246 e. The predicted octanol–water partition coefficient (Wildman–Crippen LogP) is 0.122. The molecular weight excluding hydrogens is 140 g/mol. The Labute approximate surface area is 66.9 Å². The van der Waals surface area contributed by atoms with Gasteiger partial charge in [-0.05, 0) is 19.4 Å². The van der Waals surface area contributed by atoms with Crippen molar-refractivity contribution in [3.05, 3.63) is 12.2 Å². The standard InChI is InChI=1S/C8H14N2O/c1-2-3-8(11)10-5-4-7(9)6-10/h2-3,7H,4-6,9H2,1H3. The van der Waals surface area contributed by atoms with Crippen LogP contribution >= 0.6 is 0 Å². The number of nitrogens with zero attached hydrogens (tertiary/aromatic N) is 1. The first-order valence-corrected chi connectivity index (χ1v) is 3.91. The number of carbonyl (C=O) groups excluding carboxylic acids is 1. The zero-order chi connectivity index (χ0) is 8.27. The second kappa shape index (κ2) is 3.53. The van der Waals surface area contributed by atoms with Crippen molar-refractivity contribution in [2.24, 2.45) is 5.73 Å². The molecule has 1 amide bonds. The average Bonchev–Trinajstić information content (AvgIpc) is 2.36. The third kappa shape index (κ3) is 2.05. The minimum atomic E-state index is 0.0838. The van der Waals surface area contributed by atoms with Crippen LogP contribution in [0.25, 0.3) is 0 Å². The number of rotatable bonds is 1. The summed E-state index contributed by atoms with van der Waals surface area (Å²) in [5.74, 6) is 0.0838. The highest BCUT2D eigenvalue weighted by molar-refractivity contribution is 5.87. The van der Waals surface area contributed by atoms with Crippen molar-refractivity contribution in [3.63, 3.8) is 0 Å². The van der Waals surface area contributed by atoms with Gasteiger partial charge in [0.2, 0.25) is 5.91 Å². The van der Waals surface area contributed by atoms with Crippen LogP contribution in [-0.2, 0) is 4.79 Å². The van der Waals surface area contributed by atoms with E-state index in [2.05, 4.69) is 0 Å². The summed E-state index contributed by atoms with van der Waals surface area (Å²) in [6.07, 6.45) is 4.27. The molecule has 0 saturated carbocycles. The summed E-state index contributed by atoms with van der Waals surface area (Å²) < 4.78 is 0. The van der Waals surface area contributed by atoms with E-state index >= 15 is 0 Å². The number of carbonyl (C=O) groups is 1. The molecule has 1 heterocycles. The molecule has 1 fully saturated rings. The highest BCUT2D eigenvalue weighted by Crippen LogP contribution is 2.06. The molecule has 0 radical (unpaired) electrons. The smallest absolute Gasteiger partial charge is 0.246 e. The molecule has 0 aromatic heterocycles. The Morgan fingerprint density at radius 1 is 1.73 bits per heavy atom. The Bertz CT molecular complexity index is 177. The molecule has 1 saturated heterocycles. The normalized spacial score (nSPS) is 24.9. The molecular formula is C8H14N2O. The third-order valence-electron chi connectivity index (χ3n) is 1.85. The fraction of sp³-hybridized carbons (Fsp3) is 0.625. The maximum atomic E-state index is 11.2. The van der Waals surface area contributed by atoms with E-state index in [0.29, 0.717) is 6.54 Å². The van der Waals surface area contributed by atoms with Gasteiger partial charge in [0.25, 0.3) is 0 Å². The van der Waals surface area contributed by atoms with Gasteiger partial charge in [-0.2, -0.15) is 0 Å². The summed E-state index contributed by atoms with van der Waals surface area (Å²) >= 11 is 0. The van der Waals surface area contributed by atoms with Crippen LogP contribution in [-0.4, -0.2) is 29.9 Å². The molecule has 1 aliphatic heterocycles. The van der Waals surface area contributed by atoms with Crippen LogP contribution in [0.1, 0.15) is 13.3 Å². The van der Waals surface area contributed by atoms with E-state index in [4.69, 9.17) is 5.73 Å². The van der Waals surface area contributed by atoms with Crippen molar-refractivity contribution in [3.8, 4) is 0 Å². The van der Waals surface area contributed by atoms with Gasteiger partial charge in [0, 0.05) is 19.1 Å². The van der Waals surface area contributed by atoms with Crippen LogP contribution in [0.15, 0.2) is 12.2 Å². The van der Waals surface area contributed by atoms with Crippen LogP contribution < -0.4 is 5.73 Å². The van der Waals surface area contributed by atoms with Crippen molar-refractivity contribution in [1.82, 2.24) is 4.90 Å². The molecule has 0 aliphatic carbocycles. The van der Waals surface area contributed by atoms with Crippen molar-refractivity contribution in [1.29, 1.82) is 0 Å². The number of hydrogen-bond donors (Lipinski definition) is 1.